The van der Waals surface area contributed by atoms with Crippen LogP contribution in [-0.4, -0.2) is 39.4 Å². The van der Waals surface area contributed by atoms with E-state index < -0.39 is 12.0 Å². The van der Waals surface area contributed by atoms with Gasteiger partial charge in [-0.3, -0.25) is 14.9 Å². The van der Waals surface area contributed by atoms with Crippen molar-refractivity contribution in [3.05, 3.63) is 34.7 Å². The summed E-state index contributed by atoms with van der Waals surface area (Å²) in [4.78, 5) is 24.2. The molecule has 0 aromatic carbocycles. The van der Waals surface area contributed by atoms with Crippen LogP contribution in [0.5, 0.6) is 0 Å². The second-order valence-corrected chi connectivity index (χ2v) is 6.09. The van der Waals surface area contributed by atoms with Gasteiger partial charge in [-0.15, -0.1) is 11.3 Å². The van der Waals surface area contributed by atoms with E-state index in [4.69, 9.17) is 5.11 Å². The Morgan fingerprint density at radius 2 is 2.26 bits per heavy atom. The minimum Gasteiger partial charge on any atom is -0.480 e. The van der Waals surface area contributed by atoms with Crippen LogP contribution < -0.4 is 10.6 Å². The molecule has 1 atom stereocenters. The molecule has 0 saturated heterocycles. The van der Waals surface area contributed by atoms with Gasteiger partial charge in [0.25, 0.3) is 0 Å². The van der Waals surface area contributed by atoms with E-state index in [1.54, 1.807) is 28.3 Å². The monoisotopic (exact) mass is 336 g/mol. The number of thiophene rings is 1. The van der Waals surface area contributed by atoms with Gasteiger partial charge >= 0.3 is 5.97 Å². The van der Waals surface area contributed by atoms with Crippen LogP contribution >= 0.6 is 11.3 Å². The lowest BCUT2D eigenvalue weighted by molar-refractivity contribution is -0.139. The molecule has 7 nitrogen and oxygen atoms in total. The maximum Gasteiger partial charge on any atom is 0.320 e. The topological polar surface area (TPSA) is 96.3 Å². The van der Waals surface area contributed by atoms with Gasteiger partial charge in [0.15, 0.2) is 0 Å². The van der Waals surface area contributed by atoms with E-state index in [2.05, 4.69) is 15.7 Å². The van der Waals surface area contributed by atoms with Gasteiger partial charge < -0.3 is 10.4 Å². The summed E-state index contributed by atoms with van der Waals surface area (Å²) in [5.74, 6) is -0.643. The van der Waals surface area contributed by atoms with Crippen molar-refractivity contribution in [2.45, 2.75) is 32.4 Å². The lowest BCUT2D eigenvalue weighted by Gasteiger charge is -2.13. The molecule has 0 radical (unpaired) electrons. The highest BCUT2D eigenvalue weighted by Crippen LogP contribution is 2.14. The molecule has 3 N–H and O–H groups in total. The summed E-state index contributed by atoms with van der Waals surface area (Å²) in [7, 11) is 0. The summed E-state index contributed by atoms with van der Waals surface area (Å²) in [6, 6.07) is 4.97. The van der Waals surface area contributed by atoms with Crippen molar-refractivity contribution >= 4 is 29.0 Å². The molecule has 0 spiro atoms. The van der Waals surface area contributed by atoms with Crippen LogP contribution in [-0.2, 0) is 16.1 Å². The molecule has 1 amide bonds. The maximum atomic E-state index is 12.0. The third-order valence-electron chi connectivity index (χ3n) is 3.25. The molecule has 2 heterocycles. The van der Waals surface area contributed by atoms with Crippen LogP contribution in [0, 0.1) is 0 Å². The summed E-state index contributed by atoms with van der Waals surface area (Å²) in [6.45, 7) is 2.43. The molecule has 0 aliphatic rings. The van der Waals surface area contributed by atoms with Crippen LogP contribution in [0.2, 0.25) is 0 Å². The van der Waals surface area contributed by atoms with Crippen LogP contribution in [0.1, 0.15) is 24.6 Å². The SMILES string of the molecule is CCCC(NCC(=O)Nc1ccnn1Cc1cccs1)C(=O)O. The van der Waals surface area contributed by atoms with Crippen LogP contribution in [0.4, 0.5) is 5.82 Å². The van der Waals surface area contributed by atoms with Crippen LogP contribution in [0.15, 0.2) is 29.8 Å². The zero-order valence-corrected chi connectivity index (χ0v) is 13.7. The summed E-state index contributed by atoms with van der Waals surface area (Å²) in [6.07, 6.45) is 2.84. The van der Waals surface area contributed by atoms with Gasteiger partial charge in [0.05, 0.1) is 19.3 Å². The molecule has 2 rings (SSSR count). The molecule has 0 saturated carbocycles. The summed E-state index contributed by atoms with van der Waals surface area (Å²) in [5, 5.41) is 20.7. The molecule has 8 heteroatoms. The zero-order valence-electron chi connectivity index (χ0n) is 12.9. The number of hydrogen-bond donors (Lipinski definition) is 3. The Bertz CT molecular complexity index is 639. The fourth-order valence-electron chi connectivity index (χ4n) is 2.12. The van der Waals surface area contributed by atoms with E-state index in [1.165, 1.54) is 0 Å². The first-order valence-corrected chi connectivity index (χ1v) is 8.28. The third kappa shape index (κ3) is 5.19. The highest BCUT2D eigenvalue weighted by molar-refractivity contribution is 7.09. The Morgan fingerprint density at radius 3 is 2.91 bits per heavy atom. The summed E-state index contributed by atoms with van der Waals surface area (Å²) in [5.41, 5.74) is 0. The predicted molar refractivity (Wildman–Crippen MR) is 88.6 cm³/mol. The molecule has 0 fully saturated rings. The van der Waals surface area contributed by atoms with Gasteiger partial charge in [0.1, 0.15) is 11.9 Å². The number of nitrogens with zero attached hydrogens (tertiary/aromatic N) is 2. The van der Waals surface area contributed by atoms with Gasteiger partial charge in [-0.2, -0.15) is 5.10 Å². The largest absolute Gasteiger partial charge is 0.480 e. The van der Waals surface area contributed by atoms with Gasteiger partial charge in [0, 0.05) is 10.9 Å². The molecule has 23 heavy (non-hydrogen) atoms. The Labute approximate surface area is 138 Å². The van der Waals surface area contributed by atoms with Crippen molar-refractivity contribution in [3.8, 4) is 0 Å². The Hall–Kier alpha value is -2.19. The maximum absolute atomic E-state index is 12.0. The van der Waals surface area contributed by atoms with Crippen molar-refractivity contribution in [1.29, 1.82) is 0 Å². The van der Waals surface area contributed by atoms with Gasteiger partial charge in [-0.25, -0.2) is 4.68 Å². The normalized spacial score (nSPS) is 12.0. The first kappa shape index (κ1) is 17.2. The molecule has 0 aliphatic heterocycles. The lowest BCUT2D eigenvalue weighted by Crippen LogP contribution is -2.41. The van der Waals surface area contributed by atoms with E-state index in [0.29, 0.717) is 18.8 Å². The number of carbonyl (C=O) groups excluding carboxylic acids is 1. The Balaban J connectivity index is 1.88. The molecule has 2 aromatic heterocycles. The quantitative estimate of drug-likeness (QED) is 0.648. The van der Waals surface area contributed by atoms with Crippen molar-refractivity contribution in [1.82, 2.24) is 15.1 Å². The molecular formula is C15H20N4O3S. The van der Waals surface area contributed by atoms with Crippen LogP contribution in [0.3, 0.4) is 0 Å². The number of hydrogen-bond acceptors (Lipinski definition) is 5. The van der Waals surface area contributed by atoms with Crippen molar-refractivity contribution in [2.75, 3.05) is 11.9 Å². The molecule has 124 valence electrons. The highest BCUT2D eigenvalue weighted by Gasteiger charge is 2.17. The van der Waals surface area contributed by atoms with Crippen molar-refractivity contribution in [2.24, 2.45) is 0 Å². The molecule has 2 aromatic rings. The number of carboxylic acids is 1. The third-order valence-corrected chi connectivity index (χ3v) is 4.12. The fraction of sp³-hybridized carbons (Fsp3) is 0.400. The summed E-state index contributed by atoms with van der Waals surface area (Å²) < 4.78 is 1.70. The molecule has 1 unspecified atom stereocenters. The van der Waals surface area contributed by atoms with E-state index in [1.807, 2.05) is 24.4 Å². The first-order valence-electron chi connectivity index (χ1n) is 7.40. The minimum absolute atomic E-state index is 0.0544. The fourth-order valence-corrected chi connectivity index (χ4v) is 2.81. The lowest BCUT2D eigenvalue weighted by atomic mass is 10.2. The van der Waals surface area contributed by atoms with Crippen molar-refractivity contribution < 1.29 is 14.7 Å². The minimum atomic E-state index is -0.942. The Morgan fingerprint density at radius 1 is 1.43 bits per heavy atom. The zero-order chi connectivity index (χ0) is 16.7. The molecule has 0 aliphatic carbocycles. The van der Waals surface area contributed by atoms with Gasteiger partial charge in [-0.1, -0.05) is 19.4 Å². The number of aromatic nitrogens is 2. The first-order chi connectivity index (χ1) is 11.1. The number of aliphatic carboxylic acids is 1. The Kier molecular flexibility index (Phi) is 6.30. The predicted octanol–water partition coefficient (Wildman–Crippen LogP) is 1.77. The van der Waals surface area contributed by atoms with Gasteiger partial charge in [-0.05, 0) is 17.9 Å². The standard InChI is InChI=1S/C15H20N4O3S/c1-2-4-12(15(21)22)16-9-14(20)18-13-6-7-17-19(13)10-11-5-3-8-23-11/h3,5-8,12,16H,2,4,9-10H2,1H3,(H,18,20)(H,21,22). The van der Waals surface area contributed by atoms with E-state index in [0.717, 1.165) is 11.3 Å². The smallest absolute Gasteiger partial charge is 0.320 e. The van der Waals surface area contributed by atoms with E-state index in [-0.39, 0.29) is 12.5 Å². The number of nitrogens with one attached hydrogen (secondary N) is 2. The highest BCUT2D eigenvalue weighted by atomic mass is 32.1. The van der Waals surface area contributed by atoms with Gasteiger partial charge in [0.2, 0.25) is 5.91 Å². The van der Waals surface area contributed by atoms with Crippen molar-refractivity contribution in [3.63, 3.8) is 0 Å². The number of amides is 1. The number of carboxylic acid groups (broad SMARTS) is 1. The van der Waals surface area contributed by atoms with Crippen LogP contribution in [0.25, 0.3) is 0 Å². The summed E-state index contributed by atoms with van der Waals surface area (Å²) >= 11 is 1.62. The second kappa shape index (κ2) is 8.44. The van der Waals surface area contributed by atoms with E-state index in [9.17, 15) is 9.59 Å². The number of anilines is 1. The molecular weight excluding hydrogens is 316 g/mol. The molecule has 0 bridgehead atoms. The average Bonchev–Trinajstić information content (AvgIpc) is 3.16. The number of rotatable bonds is 9. The van der Waals surface area contributed by atoms with E-state index >= 15 is 0 Å². The number of carbonyl (C=O) groups is 2. The average molecular weight is 336 g/mol. The second-order valence-electron chi connectivity index (χ2n) is 5.06.